The number of fused-ring (bicyclic) bond motifs is 1. The number of aliphatic carboxylic acids is 1. The maximum absolute atomic E-state index is 12.8. The van der Waals surface area contributed by atoms with Crippen molar-refractivity contribution in [3.63, 3.8) is 0 Å². The van der Waals surface area contributed by atoms with Crippen molar-refractivity contribution in [1.29, 1.82) is 0 Å². The van der Waals surface area contributed by atoms with Crippen molar-refractivity contribution in [3.05, 3.63) is 24.3 Å². The van der Waals surface area contributed by atoms with E-state index in [9.17, 15) is 19.5 Å². The molecule has 1 aromatic carbocycles. The Morgan fingerprint density at radius 1 is 1.28 bits per heavy atom. The molecular formula is C18H22N2O5. The highest BCUT2D eigenvalue weighted by atomic mass is 16.5. The molecule has 7 heteroatoms. The van der Waals surface area contributed by atoms with Gasteiger partial charge in [0.05, 0.1) is 11.6 Å². The molecule has 1 unspecified atom stereocenters. The van der Waals surface area contributed by atoms with Gasteiger partial charge in [0.25, 0.3) is 5.91 Å². The van der Waals surface area contributed by atoms with Gasteiger partial charge in [0.2, 0.25) is 5.91 Å². The number of benzene rings is 1. The van der Waals surface area contributed by atoms with Gasteiger partial charge in [-0.2, -0.15) is 0 Å². The molecule has 0 radical (unpaired) electrons. The molecule has 3 atom stereocenters. The largest absolute Gasteiger partial charge is 0.481 e. The summed E-state index contributed by atoms with van der Waals surface area (Å²) < 4.78 is 5.58. The van der Waals surface area contributed by atoms with Crippen molar-refractivity contribution in [3.8, 4) is 5.75 Å². The van der Waals surface area contributed by atoms with Crippen molar-refractivity contribution in [1.82, 2.24) is 4.90 Å². The zero-order chi connectivity index (χ0) is 18.1. The number of carboxylic acids is 1. The second kappa shape index (κ2) is 6.74. The molecule has 0 bridgehead atoms. The number of hydrogen-bond donors (Lipinski definition) is 1. The highest BCUT2D eigenvalue weighted by molar-refractivity contribution is 6.03. The number of ether oxygens (including phenoxy) is 1. The summed E-state index contributed by atoms with van der Waals surface area (Å²) in [5, 5.41) is 9.32. The maximum atomic E-state index is 12.8. The third-order valence-corrected chi connectivity index (χ3v) is 4.99. The summed E-state index contributed by atoms with van der Waals surface area (Å²) in [4.78, 5) is 39.7. The maximum Gasteiger partial charge on any atom is 0.308 e. The van der Waals surface area contributed by atoms with Crippen LogP contribution >= 0.6 is 0 Å². The average Bonchev–Trinajstić information content (AvgIpc) is 2.58. The Morgan fingerprint density at radius 2 is 2.00 bits per heavy atom. The standard InChI is InChI=1S/C18H22N2O5/c1-11-13(18(23)24)6-5-9-19(11)16(21)10-20-14-7-3-4-8-15(14)25-12(2)17(20)22/h3-4,7-8,11-13H,5-6,9-10H2,1-2H3,(H,23,24)/t11-,12?,13-/m0/s1. The number of anilines is 1. The van der Waals surface area contributed by atoms with Crippen molar-refractivity contribution in [2.45, 2.75) is 38.8 Å². The topological polar surface area (TPSA) is 87.2 Å². The molecule has 3 rings (SSSR count). The van der Waals surface area contributed by atoms with Crippen LogP contribution in [0.5, 0.6) is 5.75 Å². The number of carbonyl (C=O) groups is 3. The van der Waals surface area contributed by atoms with Gasteiger partial charge in [-0.3, -0.25) is 19.3 Å². The van der Waals surface area contributed by atoms with Gasteiger partial charge in [-0.1, -0.05) is 12.1 Å². The Hall–Kier alpha value is -2.57. The van der Waals surface area contributed by atoms with E-state index in [1.807, 2.05) is 6.07 Å². The van der Waals surface area contributed by atoms with Gasteiger partial charge in [-0.25, -0.2) is 0 Å². The van der Waals surface area contributed by atoms with Crippen LogP contribution in [-0.4, -0.2) is 53.0 Å². The van der Waals surface area contributed by atoms with Gasteiger partial charge in [-0.15, -0.1) is 0 Å². The van der Waals surface area contributed by atoms with Gasteiger partial charge in [-0.05, 0) is 38.8 Å². The number of amides is 2. The fraction of sp³-hybridized carbons (Fsp3) is 0.500. The highest BCUT2D eigenvalue weighted by Gasteiger charge is 2.38. The summed E-state index contributed by atoms with van der Waals surface area (Å²) in [6.45, 7) is 3.81. The Morgan fingerprint density at radius 3 is 2.72 bits per heavy atom. The number of nitrogens with zero attached hydrogens (tertiary/aromatic N) is 2. The van der Waals surface area contributed by atoms with Crippen molar-refractivity contribution in [2.24, 2.45) is 5.92 Å². The Balaban J connectivity index is 1.80. The predicted molar refractivity (Wildman–Crippen MR) is 90.4 cm³/mol. The molecule has 0 aromatic heterocycles. The summed E-state index contributed by atoms with van der Waals surface area (Å²) in [6, 6.07) is 6.71. The molecule has 0 aliphatic carbocycles. The van der Waals surface area contributed by atoms with Crippen LogP contribution < -0.4 is 9.64 Å². The van der Waals surface area contributed by atoms with E-state index in [0.717, 1.165) is 0 Å². The smallest absolute Gasteiger partial charge is 0.308 e. The Bertz CT molecular complexity index is 704. The minimum absolute atomic E-state index is 0.111. The first-order valence-corrected chi connectivity index (χ1v) is 8.49. The third-order valence-electron chi connectivity index (χ3n) is 4.99. The lowest BCUT2D eigenvalue weighted by Gasteiger charge is -2.39. The number of para-hydroxylation sites is 2. The minimum atomic E-state index is -0.883. The van der Waals surface area contributed by atoms with Crippen LogP contribution in [0.2, 0.25) is 0 Å². The zero-order valence-electron chi connectivity index (χ0n) is 14.3. The molecule has 0 saturated carbocycles. The van der Waals surface area contributed by atoms with E-state index >= 15 is 0 Å². The lowest BCUT2D eigenvalue weighted by atomic mass is 9.90. The van der Waals surface area contributed by atoms with Crippen LogP contribution in [0.1, 0.15) is 26.7 Å². The van der Waals surface area contributed by atoms with E-state index in [-0.39, 0.29) is 24.4 Å². The highest BCUT2D eigenvalue weighted by Crippen LogP contribution is 2.34. The van der Waals surface area contributed by atoms with Gasteiger partial charge >= 0.3 is 5.97 Å². The fourth-order valence-corrected chi connectivity index (χ4v) is 3.57. The molecular weight excluding hydrogens is 324 g/mol. The molecule has 0 spiro atoms. The summed E-state index contributed by atoms with van der Waals surface area (Å²) in [7, 11) is 0. The predicted octanol–water partition coefficient (Wildman–Crippen LogP) is 1.51. The average molecular weight is 346 g/mol. The van der Waals surface area contributed by atoms with E-state index in [1.165, 1.54) is 4.90 Å². The molecule has 134 valence electrons. The first-order valence-electron chi connectivity index (χ1n) is 8.49. The van der Waals surface area contributed by atoms with Crippen LogP contribution in [0.25, 0.3) is 0 Å². The zero-order valence-corrected chi connectivity index (χ0v) is 14.3. The first kappa shape index (κ1) is 17.3. The molecule has 1 aromatic rings. The van der Waals surface area contributed by atoms with E-state index in [1.54, 1.807) is 36.9 Å². The van der Waals surface area contributed by atoms with Crippen LogP contribution in [0.3, 0.4) is 0 Å². The molecule has 2 amide bonds. The Labute approximate surface area is 146 Å². The second-order valence-electron chi connectivity index (χ2n) is 6.57. The van der Waals surface area contributed by atoms with Crippen molar-refractivity contribution >= 4 is 23.5 Å². The normalized spacial score (nSPS) is 26.0. The van der Waals surface area contributed by atoms with Gasteiger partial charge in [0.1, 0.15) is 12.3 Å². The molecule has 7 nitrogen and oxygen atoms in total. The number of hydrogen-bond acceptors (Lipinski definition) is 4. The monoisotopic (exact) mass is 346 g/mol. The lowest BCUT2D eigenvalue weighted by molar-refractivity contribution is -0.149. The van der Waals surface area contributed by atoms with Gasteiger partial charge in [0.15, 0.2) is 6.10 Å². The van der Waals surface area contributed by atoms with E-state index < -0.39 is 18.0 Å². The van der Waals surface area contributed by atoms with Gasteiger partial charge < -0.3 is 14.7 Å². The summed E-state index contributed by atoms with van der Waals surface area (Å²) in [5.74, 6) is -1.39. The third kappa shape index (κ3) is 3.18. The molecule has 1 N–H and O–H groups in total. The summed E-state index contributed by atoms with van der Waals surface area (Å²) in [6.07, 6.45) is 0.557. The van der Waals surface area contributed by atoms with Crippen molar-refractivity contribution in [2.75, 3.05) is 18.0 Å². The molecule has 2 aliphatic heterocycles. The second-order valence-corrected chi connectivity index (χ2v) is 6.57. The molecule has 2 heterocycles. The van der Waals surface area contributed by atoms with E-state index in [4.69, 9.17) is 4.74 Å². The van der Waals surface area contributed by atoms with E-state index in [2.05, 4.69) is 0 Å². The molecule has 2 aliphatic rings. The molecule has 1 fully saturated rings. The van der Waals surface area contributed by atoms with Crippen LogP contribution in [-0.2, 0) is 14.4 Å². The summed E-state index contributed by atoms with van der Waals surface area (Å²) >= 11 is 0. The fourth-order valence-electron chi connectivity index (χ4n) is 3.57. The Kier molecular flexibility index (Phi) is 4.65. The number of likely N-dealkylation sites (tertiary alicyclic amines) is 1. The SMILES string of the molecule is CC1Oc2ccccc2N(CC(=O)N2CCC[C@H](C(=O)O)[C@@H]2C)C1=O. The molecule has 1 saturated heterocycles. The number of carbonyl (C=O) groups excluding carboxylic acids is 2. The quantitative estimate of drug-likeness (QED) is 0.896. The number of piperidine rings is 1. The van der Waals surface area contributed by atoms with Crippen LogP contribution in [0.4, 0.5) is 5.69 Å². The lowest BCUT2D eigenvalue weighted by Crippen LogP contribution is -2.54. The summed E-state index contributed by atoms with van der Waals surface area (Å²) in [5.41, 5.74) is 0.568. The van der Waals surface area contributed by atoms with Crippen LogP contribution in [0.15, 0.2) is 24.3 Å². The molecule has 25 heavy (non-hydrogen) atoms. The number of rotatable bonds is 3. The van der Waals surface area contributed by atoms with E-state index in [0.29, 0.717) is 30.8 Å². The number of carboxylic acid groups (broad SMARTS) is 1. The first-order chi connectivity index (χ1) is 11.9. The minimum Gasteiger partial charge on any atom is -0.481 e. The van der Waals surface area contributed by atoms with Crippen LogP contribution in [0, 0.1) is 5.92 Å². The van der Waals surface area contributed by atoms with Crippen molar-refractivity contribution < 1.29 is 24.2 Å². The van der Waals surface area contributed by atoms with Gasteiger partial charge in [0, 0.05) is 12.6 Å².